The highest BCUT2D eigenvalue weighted by molar-refractivity contribution is 8.06. The molecule has 0 atom stereocenters. The van der Waals surface area contributed by atoms with Crippen LogP contribution in [0.4, 0.5) is 10.5 Å². The molecule has 0 unspecified atom stereocenters. The van der Waals surface area contributed by atoms with Crippen LogP contribution in [0.5, 0.6) is 0 Å². The fraction of sp³-hybridized carbons (Fsp3) is 0.467. The molecular formula is C15H25N5O4S. The number of carbonyl (C=O) groups is 1. The van der Waals surface area contributed by atoms with Crippen molar-refractivity contribution in [2.24, 2.45) is 16.8 Å². The summed E-state index contributed by atoms with van der Waals surface area (Å²) in [6.07, 6.45) is -0.624. The first-order valence-corrected chi connectivity index (χ1v) is 9.18. The summed E-state index contributed by atoms with van der Waals surface area (Å²) in [5.41, 5.74) is -0.258. The van der Waals surface area contributed by atoms with Crippen LogP contribution in [0.25, 0.3) is 0 Å². The largest absolute Gasteiger partial charge is 0.444 e. The van der Waals surface area contributed by atoms with E-state index in [2.05, 4.69) is 5.10 Å². The Kier molecular flexibility index (Phi) is 6.77. The van der Waals surface area contributed by atoms with Gasteiger partial charge in [-0.3, -0.25) is 5.01 Å². The number of amidine groups is 1. The summed E-state index contributed by atoms with van der Waals surface area (Å²) in [6.45, 7) is 5.07. The number of hydrazine groups is 1. The highest BCUT2D eigenvalue weighted by Crippen LogP contribution is 2.13. The average molecular weight is 371 g/mol. The van der Waals surface area contributed by atoms with Gasteiger partial charge < -0.3 is 15.5 Å². The molecule has 9 nitrogen and oxygen atoms in total. The van der Waals surface area contributed by atoms with Crippen LogP contribution in [-0.4, -0.2) is 49.5 Å². The van der Waals surface area contributed by atoms with Gasteiger partial charge in [-0.15, -0.1) is 0 Å². The van der Waals surface area contributed by atoms with Crippen molar-refractivity contribution in [3.8, 4) is 0 Å². The maximum atomic E-state index is 12.5. The minimum Gasteiger partial charge on any atom is -0.444 e. The van der Waals surface area contributed by atoms with Gasteiger partial charge in [0.1, 0.15) is 5.60 Å². The zero-order valence-corrected chi connectivity index (χ0v) is 15.7. The fourth-order valence-electron chi connectivity index (χ4n) is 1.77. The Morgan fingerprint density at radius 1 is 1.24 bits per heavy atom. The predicted octanol–water partition coefficient (Wildman–Crippen LogP) is 0.878. The molecule has 140 valence electrons. The number of nitrogens with zero attached hydrogens (tertiary/aromatic N) is 3. The summed E-state index contributed by atoms with van der Waals surface area (Å²) in [5.74, 6) is 10.6. The summed E-state index contributed by atoms with van der Waals surface area (Å²) >= 11 is 0. The van der Waals surface area contributed by atoms with Crippen LogP contribution in [0, 0.1) is 0 Å². The zero-order valence-electron chi connectivity index (χ0n) is 14.8. The van der Waals surface area contributed by atoms with Crippen molar-refractivity contribution in [2.75, 3.05) is 24.4 Å². The van der Waals surface area contributed by atoms with Crippen molar-refractivity contribution in [1.29, 1.82) is 0 Å². The standard InChI is InChI=1S/C15H25N5O4S/c1-15(2,3)24-14(21)19(4)10-11-25(22,23)13(18-16)20(17)12-8-6-5-7-9-12/h5-9H,10-11,16-17H2,1-4H3/b18-13+. The van der Waals surface area contributed by atoms with Crippen LogP contribution in [-0.2, 0) is 14.6 Å². The van der Waals surface area contributed by atoms with E-state index in [1.165, 1.54) is 11.9 Å². The van der Waals surface area contributed by atoms with Gasteiger partial charge in [-0.05, 0) is 32.9 Å². The summed E-state index contributed by atoms with van der Waals surface area (Å²) < 4.78 is 30.1. The number of rotatable bonds is 4. The lowest BCUT2D eigenvalue weighted by Gasteiger charge is -2.25. The Bertz CT molecular complexity index is 713. The van der Waals surface area contributed by atoms with Crippen LogP contribution in [0.3, 0.4) is 0 Å². The topological polar surface area (TPSA) is 131 Å². The van der Waals surface area contributed by atoms with Crippen LogP contribution in [0.15, 0.2) is 35.4 Å². The Balaban J connectivity index is 2.81. The van der Waals surface area contributed by atoms with Gasteiger partial charge in [0.25, 0.3) is 5.17 Å². The number of carbonyl (C=O) groups excluding carboxylic acids is 1. The van der Waals surface area contributed by atoms with Crippen molar-refractivity contribution in [3.63, 3.8) is 0 Å². The molecule has 1 rings (SSSR count). The number of para-hydroxylation sites is 1. The fourth-order valence-corrected chi connectivity index (χ4v) is 3.03. The van der Waals surface area contributed by atoms with Gasteiger partial charge in [-0.2, -0.15) is 5.10 Å². The number of ether oxygens (including phenoxy) is 1. The number of anilines is 1. The molecule has 25 heavy (non-hydrogen) atoms. The molecule has 0 radical (unpaired) electrons. The van der Waals surface area contributed by atoms with E-state index in [4.69, 9.17) is 16.4 Å². The first kappa shape index (κ1) is 20.7. The smallest absolute Gasteiger partial charge is 0.410 e. The second kappa shape index (κ2) is 8.17. The SMILES string of the molecule is CN(CCS(=O)(=O)/C(=N/N)N(N)c1ccccc1)C(=O)OC(C)(C)C. The van der Waals surface area contributed by atoms with E-state index in [1.807, 2.05) is 0 Å². The Labute approximate surface area is 148 Å². The molecular weight excluding hydrogens is 346 g/mol. The van der Waals surface area contributed by atoms with E-state index in [0.717, 1.165) is 5.01 Å². The van der Waals surface area contributed by atoms with E-state index in [1.54, 1.807) is 51.1 Å². The van der Waals surface area contributed by atoms with Crippen LogP contribution in [0.1, 0.15) is 20.8 Å². The van der Waals surface area contributed by atoms with Gasteiger partial charge >= 0.3 is 6.09 Å². The van der Waals surface area contributed by atoms with Crippen molar-refractivity contribution in [3.05, 3.63) is 30.3 Å². The van der Waals surface area contributed by atoms with Crippen molar-refractivity contribution < 1.29 is 17.9 Å². The van der Waals surface area contributed by atoms with Gasteiger partial charge in [0.2, 0.25) is 9.84 Å². The molecule has 1 amide bonds. The second-order valence-corrected chi connectivity index (χ2v) is 8.34. The average Bonchev–Trinajstić information content (AvgIpc) is 2.52. The molecule has 0 aliphatic rings. The first-order chi connectivity index (χ1) is 11.5. The lowest BCUT2D eigenvalue weighted by atomic mass is 10.2. The molecule has 4 N–H and O–H groups in total. The first-order valence-electron chi connectivity index (χ1n) is 7.52. The molecule has 0 spiro atoms. The lowest BCUT2D eigenvalue weighted by Crippen LogP contribution is -2.45. The van der Waals surface area contributed by atoms with Gasteiger partial charge in [0.05, 0.1) is 11.4 Å². The van der Waals surface area contributed by atoms with Crippen LogP contribution in [0.2, 0.25) is 0 Å². The Morgan fingerprint density at radius 3 is 2.28 bits per heavy atom. The third kappa shape index (κ3) is 6.24. The second-order valence-electron chi connectivity index (χ2n) is 6.34. The highest BCUT2D eigenvalue weighted by Gasteiger charge is 2.27. The number of hydrogen-bond acceptors (Lipinski definition) is 7. The van der Waals surface area contributed by atoms with Crippen molar-refractivity contribution >= 4 is 26.8 Å². The predicted molar refractivity (Wildman–Crippen MR) is 97.4 cm³/mol. The van der Waals surface area contributed by atoms with Crippen molar-refractivity contribution in [2.45, 2.75) is 26.4 Å². The minimum absolute atomic E-state index is 0.0983. The Hall–Kier alpha value is -2.33. The minimum atomic E-state index is -3.92. The lowest BCUT2D eigenvalue weighted by molar-refractivity contribution is 0.0309. The maximum Gasteiger partial charge on any atom is 0.410 e. The highest BCUT2D eigenvalue weighted by atomic mass is 32.2. The molecule has 1 aromatic carbocycles. The molecule has 0 saturated heterocycles. The van der Waals surface area contributed by atoms with Gasteiger partial charge in [0.15, 0.2) is 0 Å². The summed E-state index contributed by atoms with van der Waals surface area (Å²) in [5, 5.41) is 3.72. The van der Waals surface area contributed by atoms with Gasteiger partial charge in [-0.25, -0.2) is 19.1 Å². The van der Waals surface area contributed by atoms with E-state index in [9.17, 15) is 13.2 Å². The van der Waals surface area contributed by atoms with E-state index in [0.29, 0.717) is 5.69 Å². The number of sulfone groups is 1. The maximum absolute atomic E-state index is 12.5. The quantitative estimate of drug-likeness (QED) is 0.347. The molecule has 0 bridgehead atoms. The van der Waals surface area contributed by atoms with Gasteiger partial charge in [-0.1, -0.05) is 18.2 Å². The van der Waals surface area contributed by atoms with Crippen molar-refractivity contribution in [1.82, 2.24) is 4.90 Å². The molecule has 1 aromatic rings. The molecule has 10 heteroatoms. The normalized spacial score (nSPS) is 12.6. The number of amides is 1. The number of benzene rings is 1. The number of hydrogen-bond donors (Lipinski definition) is 2. The third-order valence-corrected chi connectivity index (χ3v) is 4.61. The molecule has 0 fully saturated rings. The summed E-state index contributed by atoms with van der Waals surface area (Å²) in [7, 11) is -2.47. The van der Waals surface area contributed by atoms with Crippen LogP contribution >= 0.6 is 0 Å². The third-order valence-electron chi connectivity index (χ3n) is 3.03. The zero-order chi connectivity index (χ0) is 19.3. The van der Waals surface area contributed by atoms with Gasteiger partial charge in [0, 0.05) is 13.6 Å². The summed E-state index contributed by atoms with van der Waals surface area (Å²) in [6, 6.07) is 8.40. The molecule has 0 aliphatic heterocycles. The van der Waals surface area contributed by atoms with E-state index >= 15 is 0 Å². The summed E-state index contributed by atoms with van der Waals surface area (Å²) in [4.78, 5) is 13.1. The molecule has 0 heterocycles. The number of hydrazone groups is 1. The monoisotopic (exact) mass is 371 g/mol. The Morgan fingerprint density at radius 2 is 1.80 bits per heavy atom. The van der Waals surface area contributed by atoms with E-state index < -0.39 is 32.5 Å². The van der Waals surface area contributed by atoms with E-state index in [-0.39, 0.29) is 6.54 Å². The molecule has 0 aromatic heterocycles. The van der Waals surface area contributed by atoms with Crippen LogP contribution < -0.4 is 16.7 Å². The number of nitrogens with two attached hydrogens (primary N) is 2. The molecule has 0 saturated carbocycles. The molecule has 0 aliphatic carbocycles.